The molecule has 0 aromatic heterocycles. The molecule has 1 heterocycles. The molecule has 0 bridgehead atoms. The molecule has 2 amide bonds. The molecule has 37 heavy (non-hydrogen) atoms. The number of carbonyl (C=O) groups excluding carboxylic acids is 2. The largest absolute Gasteiger partial charge is 0.490 e. The Hall–Kier alpha value is -3.58. The van der Waals surface area contributed by atoms with E-state index >= 15 is 0 Å². The Kier molecular flexibility index (Phi) is 7.90. The molecule has 6 nitrogen and oxygen atoms in total. The lowest BCUT2D eigenvalue weighted by Gasteiger charge is -2.22. The number of carbonyl (C=O) groups is 2. The van der Waals surface area contributed by atoms with E-state index in [-0.39, 0.29) is 5.57 Å². The minimum atomic E-state index is -0.459. The fourth-order valence-electron chi connectivity index (χ4n) is 4.82. The highest BCUT2D eigenvalue weighted by Gasteiger charge is 2.34. The van der Waals surface area contributed by atoms with Gasteiger partial charge in [-0.1, -0.05) is 65.5 Å². The van der Waals surface area contributed by atoms with Crippen molar-refractivity contribution in [2.24, 2.45) is 0 Å². The Bertz CT molecular complexity index is 1280. The number of hydrogen-bond donors (Lipinski definition) is 1. The van der Waals surface area contributed by atoms with Crippen LogP contribution in [-0.2, 0) is 9.59 Å². The van der Waals surface area contributed by atoms with Crippen LogP contribution in [0.25, 0.3) is 6.08 Å². The molecule has 0 unspecified atom stereocenters. The summed E-state index contributed by atoms with van der Waals surface area (Å²) in [5, 5.41) is 1.25. The third kappa shape index (κ3) is 6.05. The van der Waals surface area contributed by atoms with Gasteiger partial charge in [-0.05, 0) is 72.9 Å². The SMILES string of the molecule is O=C1NN(c2ccccc2)C(=O)C1=Cc1cc(Br)ccc1OCCOc1ccc(C2CCCCC2)cc1. The molecule has 0 radical (unpaired) electrons. The van der Waals surface area contributed by atoms with Gasteiger partial charge in [0, 0.05) is 10.0 Å². The summed E-state index contributed by atoms with van der Waals surface area (Å²) in [6, 6.07) is 22.9. The van der Waals surface area contributed by atoms with Gasteiger partial charge >= 0.3 is 0 Å². The lowest BCUT2D eigenvalue weighted by Crippen LogP contribution is -2.35. The van der Waals surface area contributed by atoms with Crippen molar-refractivity contribution in [3.05, 3.63) is 94.0 Å². The number of hydrogen-bond acceptors (Lipinski definition) is 4. The van der Waals surface area contributed by atoms with Crippen molar-refractivity contribution in [3.8, 4) is 11.5 Å². The normalized spacial score (nSPS) is 17.2. The van der Waals surface area contributed by atoms with Crippen molar-refractivity contribution in [2.45, 2.75) is 38.0 Å². The van der Waals surface area contributed by atoms with E-state index in [4.69, 9.17) is 9.47 Å². The predicted molar refractivity (Wildman–Crippen MR) is 147 cm³/mol. The fourth-order valence-corrected chi connectivity index (χ4v) is 5.20. The number of benzene rings is 3. The maximum atomic E-state index is 13.0. The Morgan fingerprint density at radius 1 is 0.892 bits per heavy atom. The molecule has 1 aliphatic heterocycles. The van der Waals surface area contributed by atoms with E-state index in [2.05, 4.69) is 33.5 Å². The molecule has 1 N–H and O–H groups in total. The van der Waals surface area contributed by atoms with E-state index in [0.717, 1.165) is 10.2 Å². The highest BCUT2D eigenvalue weighted by molar-refractivity contribution is 9.10. The zero-order chi connectivity index (χ0) is 25.6. The highest BCUT2D eigenvalue weighted by Crippen LogP contribution is 2.33. The zero-order valence-electron chi connectivity index (χ0n) is 20.5. The smallest absolute Gasteiger partial charge is 0.282 e. The number of nitrogens with one attached hydrogen (secondary N) is 1. The Labute approximate surface area is 225 Å². The van der Waals surface area contributed by atoms with E-state index in [1.165, 1.54) is 42.7 Å². The molecule has 0 spiro atoms. The minimum absolute atomic E-state index is 0.0427. The van der Waals surface area contributed by atoms with Gasteiger partial charge in [0.1, 0.15) is 30.3 Å². The second kappa shape index (κ2) is 11.6. The first-order chi connectivity index (χ1) is 18.1. The van der Waals surface area contributed by atoms with Crippen molar-refractivity contribution in [2.75, 3.05) is 18.2 Å². The summed E-state index contributed by atoms with van der Waals surface area (Å²) in [7, 11) is 0. The van der Waals surface area contributed by atoms with Crippen LogP contribution in [0.2, 0.25) is 0 Å². The third-order valence-corrected chi connectivity index (χ3v) is 7.24. The molecule has 5 rings (SSSR count). The summed E-state index contributed by atoms with van der Waals surface area (Å²) in [4.78, 5) is 25.6. The monoisotopic (exact) mass is 560 g/mol. The van der Waals surface area contributed by atoms with Gasteiger partial charge in [-0.3, -0.25) is 15.0 Å². The summed E-state index contributed by atoms with van der Waals surface area (Å²) in [6.45, 7) is 0.689. The number of ether oxygens (including phenoxy) is 2. The zero-order valence-corrected chi connectivity index (χ0v) is 22.1. The van der Waals surface area contributed by atoms with Crippen LogP contribution in [0, 0.1) is 0 Å². The van der Waals surface area contributed by atoms with E-state index in [0.29, 0.717) is 36.1 Å². The first kappa shape index (κ1) is 25.1. The summed E-state index contributed by atoms with van der Waals surface area (Å²) in [6.07, 6.45) is 8.10. The quantitative estimate of drug-likeness (QED) is 0.196. The van der Waals surface area contributed by atoms with E-state index in [1.54, 1.807) is 18.2 Å². The molecule has 1 saturated heterocycles. The van der Waals surface area contributed by atoms with Crippen LogP contribution in [0.1, 0.15) is 49.1 Å². The molecule has 7 heteroatoms. The molecule has 1 aliphatic carbocycles. The molecule has 3 aromatic carbocycles. The predicted octanol–water partition coefficient (Wildman–Crippen LogP) is 6.42. The van der Waals surface area contributed by atoms with Gasteiger partial charge in [-0.2, -0.15) is 0 Å². The van der Waals surface area contributed by atoms with E-state index < -0.39 is 11.8 Å². The number of hydrazine groups is 1. The lowest BCUT2D eigenvalue weighted by atomic mass is 9.84. The van der Waals surface area contributed by atoms with Crippen LogP contribution in [0.3, 0.4) is 0 Å². The van der Waals surface area contributed by atoms with Crippen LogP contribution in [-0.4, -0.2) is 25.0 Å². The maximum absolute atomic E-state index is 13.0. The first-order valence-electron chi connectivity index (χ1n) is 12.7. The molecule has 190 valence electrons. The third-order valence-electron chi connectivity index (χ3n) is 6.74. The van der Waals surface area contributed by atoms with Gasteiger partial charge in [-0.25, -0.2) is 5.01 Å². The maximum Gasteiger partial charge on any atom is 0.282 e. The summed E-state index contributed by atoms with van der Waals surface area (Å²) in [5.74, 6) is 1.17. The van der Waals surface area contributed by atoms with E-state index in [9.17, 15) is 9.59 Å². The standard InChI is InChI=1S/C30H29BrN2O4/c31-24-13-16-28(37-18-17-36-26-14-11-22(12-15-26)21-7-3-1-4-8-21)23(19-24)20-27-29(34)32-33(30(27)35)25-9-5-2-6-10-25/h2,5-6,9-16,19-21H,1,3-4,7-8,17-18H2,(H,32,34). The number of nitrogens with zero attached hydrogens (tertiary/aromatic N) is 1. The fraction of sp³-hybridized carbons (Fsp3) is 0.267. The molecule has 0 atom stereocenters. The number of para-hydroxylation sites is 1. The second-order valence-electron chi connectivity index (χ2n) is 9.26. The van der Waals surface area contributed by atoms with Gasteiger partial charge in [0.2, 0.25) is 0 Å². The van der Waals surface area contributed by atoms with Crippen molar-refractivity contribution in [3.63, 3.8) is 0 Å². The van der Waals surface area contributed by atoms with Crippen molar-refractivity contribution in [1.29, 1.82) is 0 Å². The number of rotatable bonds is 8. The number of anilines is 1. The summed E-state index contributed by atoms with van der Waals surface area (Å²) >= 11 is 3.47. The Morgan fingerprint density at radius 3 is 2.38 bits per heavy atom. The lowest BCUT2D eigenvalue weighted by molar-refractivity contribution is -0.117. The van der Waals surface area contributed by atoms with Gasteiger partial charge in [0.15, 0.2) is 0 Å². The minimum Gasteiger partial charge on any atom is -0.490 e. The second-order valence-corrected chi connectivity index (χ2v) is 10.2. The van der Waals surface area contributed by atoms with Crippen molar-refractivity contribution < 1.29 is 19.1 Å². The molecule has 3 aromatic rings. The molecular formula is C30H29BrN2O4. The average molecular weight is 561 g/mol. The van der Waals surface area contributed by atoms with Crippen LogP contribution in [0.5, 0.6) is 11.5 Å². The highest BCUT2D eigenvalue weighted by atomic mass is 79.9. The van der Waals surface area contributed by atoms with Gasteiger partial charge in [0.25, 0.3) is 11.8 Å². The van der Waals surface area contributed by atoms with Crippen LogP contribution < -0.4 is 19.9 Å². The molecular weight excluding hydrogens is 532 g/mol. The topological polar surface area (TPSA) is 67.9 Å². The van der Waals surface area contributed by atoms with Crippen LogP contribution >= 0.6 is 15.9 Å². The number of amides is 2. The van der Waals surface area contributed by atoms with Crippen LogP contribution in [0.15, 0.2) is 82.8 Å². The Morgan fingerprint density at radius 2 is 1.62 bits per heavy atom. The number of halogens is 1. The van der Waals surface area contributed by atoms with Gasteiger partial charge in [0.05, 0.1) is 5.69 Å². The summed E-state index contributed by atoms with van der Waals surface area (Å²) < 4.78 is 12.7. The van der Waals surface area contributed by atoms with Gasteiger partial charge < -0.3 is 9.47 Å². The van der Waals surface area contributed by atoms with Crippen LogP contribution in [0.4, 0.5) is 5.69 Å². The van der Waals surface area contributed by atoms with E-state index in [1.807, 2.05) is 48.5 Å². The molecule has 1 saturated carbocycles. The average Bonchev–Trinajstić information content (AvgIpc) is 3.22. The molecule has 2 fully saturated rings. The Balaban J connectivity index is 1.21. The van der Waals surface area contributed by atoms with Crippen molar-refractivity contribution in [1.82, 2.24) is 5.43 Å². The molecule has 2 aliphatic rings. The first-order valence-corrected chi connectivity index (χ1v) is 13.4. The van der Waals surface area contributed by atoms with Crippen molar-refractivity contribution >= 4 is 39.5 Å². The summed E-state index contributed by atoms with van der Waals surface area (Å²) in [5.41, 5.74) is 5.28. The van der Waals surface area contributed by atoms with Gasteiger partial charge in [-0.15, -0.1) is 0 Å².